The van der Waals surface area contributed by atoms with Crippen molar-refractivity contribution in [2.75, 3.05) is 75.7 Å². The number of nitrogens with one attached hydrogen (secondary N) is 1. The summed E-state index contributed by atoms with van der Waals surface area (Å²) in [7, 11) is 0. The fourth-order valence-electron chi connectivity index (χ4n) is 7.44. The van der Waals surface area contributed by atoms with Gasteiger partial charge in [0.25, 0.3) is 0 Å². The van der Waals surface area contributed by atoms with Crippen LogP contribution >= 0.6 is 11.8 Å². The number of piperidine rings is 1. The van der Waals surface area contributed by atoms with Crippen LogP contribution in [-0.4, -0.2) is 119 Å². The van der Waals surface area contributed by atoms with Crippen molar-refractivity contribution < 1.29 is 20.9 Å². The van der Waals surface area contributed by atoms with Gasteiger partial charge in [-0.2, -0.15) is 0 Å². The number of thioether (sulfide) groups is 1. The third-order valence-electron chi connectivity index (χ3n) is 10.3. The number of anilines is 2. The molecule has 11 heteroatoms. The number of piperazine rings is 1. The van der Waals surface area contributed by atoms with E-state index in [1.807, 2.05) is 32.9 Å². The van der Waals surface area contributed by atoms with Crippen LogP contribution in [0.3, 0.4) is 0 Å². The number of rotatable bonds is 9. The van der Waals surface area contributed by atoms with Gasteiger partial charge in [-0.1, -0.05) is 57.2 Å². The summed E-state index contributed by atoms with van der Waals surface area (Å²) in [6, 6.07) is 16.4. The van der Waals surface area contributed by atoms with Crippen molar-refractivity contribution in [1.29, 1.82) is 0 Å². The zero-order chi connectivity index (χ0) is 33.8. The number of amides is 4. The van der Waals surface area contributed by atoms with Gasteiger partial charge in [-0.05, 0) is 48.8 Å². The molecule has 4 heterocycles. The van der Waals surface area contributed by atoms with Crippen LogP contribution < -0.4 is 10.2 Å². The van der Waals surface area contributed by atoms with Gasteiger partial charge in [0.05, 0.1) is 11.9 Å². The zero-order valence-corrected chi connectivity index (χ0v) is 29.6. The van der Waals surface area contributed by atoms with Crippen LogP contribution in [-0.2, 0) is 16.0 Å². The standard InChI is InChI=1S/C37H52N6O4S.H2/c1-37(2,3)15-19-43-34(46)32(48-35(43)29-9-5-7-11-31(29)40-22-20-39(21-23-40)24-25-44)26-33(45)41-16-13-28(14-17-41)42-18-12-27-8-4-6-10-30(27)38-36(42)47;/h4-11,28,32,35,44H,12-26H2,1-3H3,(H,38,47);1H. The highest BCUT2D eigenvalue weighted by atomic mass is 32.2. The maximum absolute atomic E-state index is 14.1. The summed E-state index contributed by atoms with van der Waals surface area (Å²) in [5, 5.41) is 11.9. The van der Waals surface area contributed by atoms with Gasteiger partial charge in [0.2, 0.25) is 11.8 Å². The lowest BCUT2D eigenvalue weighted by molar-refractivity contribution is -0.137. The lowest BCUT2D eigenvalue weighted by atomic mass is 9.92. The van der Waals surface area contributed by atoms with Crippen LogP contribution in [0.2, 0.25) is 0 Å². The summed E-state index contributed by atoms with van der Waals surface area (Å²) in [4.78, 5) is 51.5. The maximum atomic E-state index is 14.1. The van der Waals surface area contributed by atoms with Gasteiger partial charge < -0.3 is 30.0 Å². The Bertz CT molecular complexity index is 1460. The second-order valence-corrected chi connectivity index (χ2v) is 16.1. The van der Waals surface area contributed by atoms with Gasteiger partial charge >= 0.3 is 6.03 Å². The summed E-state index contributed by atoms with van der Waals surface area (Å²) in [5.41, 5.74) is 4.40. The topological polar surface area (TPSA) is 99.7 Å². The molecule has 262 valence electrons. The predicted octanol–water partition coefficient (Wildman–Crippen LogP) is 4.90. The number of aliphatic hydroxyl groups excluding tert-OH is 1. The molecule has 2 atom stereocenters. The first-order valence-electron chi connectivity index (χ1n) is 17.7. The van der Waals surface area contributed by atoms with E-state index >= 15 is 0 Å². The number of fused-ring (bicyclic) bond motifs is 1. The minimum Gasteiger partial charge on any atom is -0.395 e. The number of carbonyl (C=O) groups excluding carboxylic acids is 3. The van der Waals surface area contributed by atoms with E-state index in [9.17, 15) is 19.5 Å². The number of nitrogens with zero attached hydrogens (tertiary/aromatic N) is 5. The average molecular weight is 679 g/mol. The van der Waals surface area contributed by atoms with Crippen molar-refractivity contribution in [3.05, 3.63) is 59.7 Å². The molecule has 4 aliphatic heterocycles. The Balaban J connectivity index is 0.00000468. The first-order chi connectivity index (χ1) is 23.1. The number of aliphatic hydroxyl groups is 1. The van der Waals surface area contributed by atoms with Gasteiger partial charge in [0.15, 0.2) is 0 Å². The number of β-amino-alcohol motifs (C(OH)–C–C–N with tert-alkyl or cyclic N) is 1. The monoisotopic (exact) mass is 678 g/mol. The highest BCUT2D eigenvalue weighted by molar-refractivity contribution is 8.01. The number of carbonyl (C=O) groups is 3. The first-order valence-corrected chi connectivity index (χ1v) is 18.6. The van der Waals surface area contributed by atoms with Crippen LogP contribution in [0.25, 0.3) is 0 Å². The number of hydrogen-bond acceptors (Lipinski definition) is 7. The van der Waals surface area contributed by atoms with Crippen molar-refractivity contribution in [3.63, 3.8) is 0 Å². The van der Waals surface area contributed by atoms with E-state index in [1.54, 1.807) is 11.8 Å². The minimum atomic E-state index is -0.426. The smallest absolute Gasteiger partial charge is 0.322 e. The summed E-state index contributed by atoms with van der Waals surface area (Å²) in [5.74, 6) is 0.0811. The fraction of sp³-hybridized carbons (Fsp3) is 0.595. The van der Waals surface area contributed by atoms with E-state index in [1.165, 1.54) is 0 Å². The van der Waals surface area contributed by atoms with Crippen LogP contribution in [0.1, 0.15) is 64.4 Å². The normalized spacial score (nSPS) is 22.9. The highest BCUT2D eigenvalue weighted by Crippen LogP contribution is 2.48. The second-order valence-electron chi connectivity index (χ2n) is 14.8. The highest BCUT2D eigenvalue weighted by Gasteiger charge is 2.44. The van der Waals surface area contributed by atoms with Crippen LogP contribution in [0.5, 0.6) is 0 Å². The summed E-state index contributed by atoms with van der Waals surface area (Å²) in [6.07, 6.45) is 3.35. The molecule has 10 nitrogen and oxygen atoms in total. The van der Waals surface area contributed by atoms with Gasteiger partial charge in [0, 0.05) is 89.7 Å². The van der Waals surface area contributed by atoms with Crippen LogP contribution in [0, 0.1) is 5.41 Å². The molecule has 2 N–H and O–H groups in total. The van der Waals surface area contributed by atoms with Crippen LogP contribution in [0.4, 0.5) is 16.2 Å². The molecule has 3 fully saturated rings. The second kappa shape index (κ2) is 15.1. The maximum Gasteiger partial charge on any atom is 0.322 e. The Kier molecular flexibility index (Phi) is 10.9. The zero-order valence-electron chi connectivity index (χ0n) is 28.8. The molecule has 0 saturated carbocycles. The predicted molar refractivity (Wildman–Crippen MR) is 194 cm³/mol. The summed E-state index contributed by atoms with van der Waals surface area (Å²) >= 11 is 1.63. The molecule has 0 aromatic heterocycles. The molecule has 6 rings (SSSR count). The van der Waals surface area contributed by atoms with Crippen molar-refractivity contribution in [2.45, 2.75) is 69.5 Å². The number of likely N-dealkylation sites (tertiary alicyclic amines) is 1. The Labute approximate surface area is 291 Å². The van der Waals surface area contributed by atoms with Crippen molar-refractivity contribution in [1.82, 2.24) is 19.6 Å². The molecule has 4 amide bonds. The molecule has 48 heavy (non-hydrogen) atoms. The van der Waals surface area contributed by atoms with E-state index in [0.29, 0.717) is 32.7 Å². The van der Waals surface area contributed by atoms with E-state index < -0.39 is 5.25 Å². The molecule has 0 bridgehead atoms. The summed E-state index contributed by atoms with van der Waals surface area (Å²) < 4.78 is 0. The molecule has 2 unspecified atom stereocenters. The average Bonchev–Trinajstić information content (AvgIpc) is 3.27. The largest absolute Gasteiger partial charge is 0.395 e. The SMILES string of the molecule is CC(C)(C)CCN1C(=O)C(CC(=O)N2CCC(N3CCc4ccccc4NC3=O)CC2)SC1c1ccccc1N1CCN(CCO)CC1.[HH]. The van der Waals surface area contributed by atoms with Gasteiger partial charge in [0.1, 0.15) is 5.37 Å². The third kappa shape index (κ3) is 7.95. The van der Waals surface area contributed by atoms with Gasteiger partial charge in [-0.15, -0.1) is 11.8 Å². The molecule has 3 saturated heterocycles. The Morgan fingerprint density at radius 2 is 1.65 bits per heavy atom. The lowest BCUT2D eigenvalue weighted by Gasteiger charge is -2.38. The molecular weight excluding hydrogens is 625 g/mol. The molecule has 2 aromatic rings. The number of benzene rings is 2. The number of urea groups is 1. The molecule has 0 spiro atoms. The van der Waals surface area contributed by atoms with Gasteiger partial charge in [-0.3, -0.25) is 14.5 Å². The Hall–Kier alpha value is -3.28. The van der Waals surface area contributed by atoms with Crippen molar-refractivity contribution >= 4 is 41.0 Å². The van der Waals surface area contributed by atoms with Crippen molar-refractivity contribution in [3.8, 4) is 0 Å². The van der Waals surface area contributed by atoms with Crippen molar-refractivity contribution in [2.24, 2.45) is 5.41 Å². The summed E-state index contributed by atoms with van der Waals surface area (Å²) in [6.45, 7) is 13.5. The molecular formula is C37H54N6O4S. The lowest BCUT2D eigenvalue weighted by Crippen LogP contribution is -2.50. The molecule has 2 aromatic carbocycles. The Morgan fingerprint density at radius 3 is 2.38 bits per heavy atom. The van der Waals surface area contributed by atoms with E-state index in [2.05, 4.69) is 66.2 Å². The van der Waals surface area contributed by atoms with E-state index in [-0.39, 0.29) is 49.1 Å². The van der Waals surface area contributed by atoms with E-state index in [0.717, 1.165) is 74.4 Å². The molecule has 0 radical (unpaired) electrons. The van der Waals surface area contributed by atoms with Gasteiger partial charge in [-0.25, -0.2) is 4.79 Å². The third-order valence-corrected chi connectivity index (χ3v) is 11.8. The Morgan fingerprint density at radius 1 is 0.938 bits per heavy atom. The number of hydrogen-bond donors (Lipinski definition) is 2. The quantitative estimate of drug-likeness (QED) is 0.390. The molecule has 4 aliphatic rings. The van der Waals surface area contributed by atoms with Crippen LogP contribution in [0.15, 0.2) is 48.5 Å². The number of para-hydroxylation sites is 2. The first kappa shape index (κ1) is 34.6. The minimum absolute atomic E-state index is 0. The van der Waals surface area contributed by atoms with E-state index in [4.69, 9.17) is 0 Å². The fourth-order valence-corrected chi connectivity index (χ4v) is 8.94. The molecule has 0 aliphatic carbocycles.